The van der Waals surface area contributed by atoms with Crippen molar-refractivity contribution >= 4 is 11.6 Å². The standard InChI is InChI=1S/C11H17ClN2O/c1-4-9-8(2)11(12)14-10(13-9)6-5-7-15-3/h4-7H2,1-3H3. The molecule has 0 radical (unpaired) electrons. The molecule has 0 aliphatic heterocycles. The fourth-order valence-corrected chi connectivity index (χ4v) is 1.62. The summed E-state index contributed by atoms with van der Waals surface area (Å²) >= 11 is 6.03. The molecule has 84 valence electrons. The minimum absolute atomic E-state index is 0.578. The van der Waals surface area contributed by atoms with Crippen LogP contribution in [0.1, 0.15) is 30.4 Å². The first-order valence-corrected chi connectivity index (χ1v) is 5.57. The largest absolute Gasteiger partial charge is 0.385 e. The maximum atomic E-state index is 6.03. The average Bonchev–Trinajstić information content (AvgIpc) is 2.23. The summed E-state index contributed by atoms with van der Waals surface area (Å²) in [5, 5.41) is 0.578. The Morgan fingerprint density at radius 2 is 2.07 bits per heavy atom. The van der Waals surface area contributed by atoms with Gasteiger partial charge in [-0.3, -0.25) is 0 Å². The van der Waals surface area contributed by atoms with Gasteiger partial charge in [-0.25, -0.2) is 9.97 Å². The maximum Gasteiger partial charge on any atom is 0.135 e. The molecule has 1 aromatic heterocycles. The van der Waals surface area contributed by atoms with E-state index in [0.717, 1.165) is 43.0 Å². The van der Waals surface area contributed by atoms with Crippen LogP contribution in [-0.4, -0.2) is 23.7 Å². The molecule has 0 saturated carbocycles. The van der Waals surface area contributed by atoms with Gasteiger partial charge < -0.3 is 4.74 Å². The molecule has 1 aromatic rings. The van der Waals surface area contributed by atoms with Crippen molar-refractivity contribution in [3.8, 4) is 0 Å². The number of ether oxygens (including phenoxy) is 1. The molecule has 0 aliphatic carbocycles. The molecule has 0 N–H and O–H groups in total. The lowest BCUT2D eigenvalue weighted by molar-refractivity contribution is 0.194. The molecular weight excluding hydrogens is 212 g/mol. The lowest BCUT2D eigenvalue weighted by atomic mass is 10.2. The predicted molar refractivity (Wildman–Crippen MR) is 61.4 cm³/mol. The Hall–Kier alpha value is -0.670. The fourth-order valence-electron chi connectivity index (χ4n) is 1.41. The Morgan fingerprint density at radius 3 is 2.67 bits per heavy atom. The summed E-state index contributed by atoms with van der Waals surface area (Å²) in [5.41, 5.74) is 2.04. The number of aryl methyl sites for hydroxylation is 2. The van der Waals surface area contributed by atoms with Crippen molar-refractivity contribution < 1.29 is 4.74 Å². The summed E-state index contributed by atoms with van der Waals surface area (Å²) < 4.78 is 4.99. The number of nitrogens with zero attached hydrogens (tertiary/aromatic N) is 2. The molecule has 0 aliphatic rings. The highest BCUT2D eigenvalue weighted by Crippen LogP contribution is 2.16. The molecular formula is C11H17ClN2O. The van der Waals surface area contributed by atoms with Gasteiger partial charge in [-0.05, 0) is 19.8 Å². The van der Waals surface area contributed by atoms with E-state index in [1.54, 1.807) is 7.11 Å². The van der Waals surface area contributed by atoms with Gasteiger partial charge in [-0.1, -0.05) is 18.5 Å². The highest BCUT2D eigenvalue weighted by atomic mass is 35.5. The van der Waals surface area contributed by atoms with Gasteiger partial charge >= 0.3 is 0 Å². The Kier molecular flexibility index (Phi) is 4.99. The Balaban J connectivity index is 2.77. The zero-order valence-electron chi connectivity index (χ0n) is 9.51. The van der Waals surface area contributed by atoms with E-state index in [4.69, 9.17) is 16.3 Å². The smallest absolute Gasteiger partial charge is 0.135 e. The van der Waals surface area contributed by atoms with Crippen LogP contribution in [0, 0.1) is 6.92 Å². The third-order valence-corrected chi connectivity index (χ3v) is 2.69. The first-order valence-electron chi connectivity index (χ1n) is 5.19. The number of aromatic nitrogens is 2. The fraction of sp³-hybridized carbons (Fsp3) is 0.636. The lowest BCUT2D eigenvalue weighted by Crippen LogP contribution is -2.04. The molecule has 0 fully saturated rings. The van der Waals surface area contributed by atoms with Crippen LogP contribution in [-0.2, 0) is 17.6 Å². The Bertz CT molecular complexity index is 329. The van der Waals surface area contributed by atoms with E-state index >= 15 is 0 Å². The van der Waals surface area contributed by atoms with Crippen LogP contribution in [0.2, 0.25) is 5.15 Å². The highest BCUT2D eigenvalue weighted by Gasteiger charge is 2.07. The molecule has 4 heteroatoms. The molecule has 1 rings (SSSR count). The molecule has 3 nitrogen and oxygen atoms in total. The first kappa shape index (κ1) is 12.4. The predicted octanol–water partition coefficient (Wildman–Crippen LogP) is 2.58. The second-order valence-corrected chi connectivity index (χ2v) is 3.81. The number of rotatable bonds is 5. The van der Waals surface area contributed by atoms with E-state index in [9.17, 15) is 0 Å². The minimum atomic E-state index is 0.578. The van der Waals surface area contributed by atoms with Gasteiger partial charge in [-0.2, -0.15) is 0 Å². The van der Waals surface area contributed by atoms with Crippen LogP contribution < -0.4 is 0 Å². The molecule has 0 spiro atoms. The Morgan fingerprint density at radius 1 is 1.33 bits per heavy atom. The third kappa shape index (κ3) is 3.43. The van der Waals surface area contributed by atoms with Crippen molar-refractivity contribution in [2.75, 3.05) is 13.7 Å². The van der Waals surface area contributed by atoms with Gasteiger partial charge in [0.25, 0.3) is 0 Å². The number of hydrogen-bond donors (Lipinski definition) is 0. The third-order valence-electron chi connectivity index (χ3n) is 2.32. The lowest BCUT2D eigenvalue weighted by Gasteiger charge is -2.07. The summed E-state index contributed by atoms with van der Waals surface area (Å²) in [4.78, 5) is 8.72. The monoisotopic (exact) mass is 228 g/mol. The van der Waals surface area contributed by atoms with E-state index in [-0.39, 0.29) is 0 Å². The van der Waals surface area contributed by atoms with Crippen molar-refractivity contribution in [3.05, 3.63) is 22.2 Å². The summed E-state index contributed by atoms with van der Waals surface area (Å²) in [6, 6.07) is 0. The summed E-state index contributed by atoms with van der Waals surface area (Å²) in [6.07, 6.45) is 2.64. The van der Waals surface area contributed by atoms with E-state index in [1.165, 1.54) is 0 Å². The zero-order valence-corrected chi connectivity index (χ0v) is 10.3. The molecule has 0 atom stereocenters. The van der Waals surface area contributed by atoms with Crippen molar-refractivity contribution in [2.45, 2.75) is 33.1 Å². The molecule has 0 bridgehead atoms. The van der Waals surface area contributed by atoms with Crippen LogP contribution >= 0.6 is 11.6 Å². The quantitative estimate of drug-likeness (QED) is 0.574. The van der Waals surface area contributed by atoms with Crippen LogP contribution in [0.5, 0.6) is 0 Å². The number of methoxy groups -OCH3 is 1. The normalized spacial score (nSPS) is 10.7. The minimum Gasteiger partial charge on any atom is -0.385 e. The van der Waals surface area contributed by atoms with Gasteiger partial charge in [0.05, 0.1) is 0 Å². The zero-order chi connectivity index (χ0) is 11.3. The summed E-state index contributed by atoms with van der Waals surface area (Å²) in [5.74, 6) is 0.819. The number of halogens is 1. The summed E-state index contributed by atoms with van der Waals surface area (Å²) in [6.45, 7) is 4.76. The first-order chi connectivity index (χ1) is 7.19. The van der Waals surface area contributed by atoms with Crippen LogP contribution in [0.3, 0.4) is 0 Å². The average molecular weight is 229 g/mol. The van der Waals surface area contributed by atoms with Gasteiger partial charge in [0.15, 0.2) is 0 Å². The topological polar surface area (TPSA) is 35.0 Å². The summed E-state index contributed by atoms with van der Waals surface area (Å²) in [7, 11) is 1.69. The van der Waals surface area contributed by atoms with Crippen molar-refractivity contribution in [3.63, 3.8) is 0 Å². The van der Waals surface area contributed by atoms with Crippen molar-refractivity contribution in [2.24, 2.45) is 0 Å². The van der Waals surface area contributed by atoms with Crippen LogP contribution in [0.25, 0.3) is 0 Å². The second kappa shape index (κ2) is 6.03. The SMILES string of the molecule is CCc1nc(CCCOC)nc(Cl)c1C. The molecule has 0 amide bonds. The Labute approximate surface area is 95.8 Å². The molecule has 0 aromatic carbocycles. The van der Waals surface area contributed by atoms with E-state index in [2.05, 4.69) is 16.9 Å². The van der Waals surface area contributed by atoms with Crippen molar-refractivity contribution in [1.82, 2.24) is 9.97 Å². The second-order valence-electron chi connectivity index (χ2n) is 3.45. The molecule has 1 heterocycles. The maximum absolute atomic E-state index is 6.03. The molecule has 0 unspecified atom stereocenters. The van der Waals surface area contributed by atoms with Crippen LogP contribution in [0.15, 0.2) is 0 Å². The number of hydrogen-bond acceptors (Lipinski definition) is 3. The van der Waals surface area contributed by atoms with Gasteiger partial charge in [0.1, 0.15) is 11.0 Å². The molecule has 0 saturated heterocycles. The van der Waals surface area contributed by atoms with Crippen molar-refractivity contribution in [1.29, 1.82) is 0 Å². The van der Waals surface area contributed by atoms with Gasteiger partial charge in [0, 0.05) is 31.4 Å². The van der Waals surface area contributed by atoms with E-state index in [0.29, 0.717) is 5.15 Å². The molecule has 15 heavy (non-hydrogen) atoms. The van der Waals surface area contributed by atoms with Gasteiger partial charge in [0.2, 0.25) is 0 Å². The van der Waals surface area contributed by atoms with E-state index in [1.807, 2.05) is 6.92 Å². The van der Waals surface area contributed by atoms with Crippen LogP contribution in [0.4, 0.5) is 0 Å². The van der Waals surface area contributed by atoms with Gasteiger partial charge in [-0.15, -0.1) is 0 Å². The highest BCUT2D eigenvalue weighted by molar-refractivity contribution is 6.30. The van der Waals surface area contributed by atoms with E-state index < -0.39 is 0 Å².